The molecule has 2 unspecified atom stereocenters. The smallest absolute Gasteiger partial charge is 0.236 e. The molecular formula is C12H24N2OS. The van der Waals surface area contributed by atoms with E-state index in [9.17, 15) is 4.79 Å². The third-order valence-electron chi connectivity index (χ3n) is 3.25. The molecule has 4 heteroatoms. The Bertz CT molecular complexity index is 223. The first-order valence-corrected chi connectivity index (χ1v) is 7.32. The third kappa shape index (κ3) is 3.98. The van der Waals surface area contributed by atoms with Crippen molar-refractivity contribution in [2.24, 2.45) is 0 Å². The molecule has 0 aromatic carbocycles. The maximum absolute atomic E-state index is 11.7. The molecule has 1 aliphatic rings. The highest BCUT2D eigenvalue weighted by Gasteiger charge is 2.27. The van der Waals surface area contributed by atoms with Gasteiger partial charge >= 0.3 is 0 Å². The highest BCUT2D eigenvalue weighted by Crippen LogP contribution is 2.29. The molecule has 0 aliphatic heterocycles. The lowest BCUT2D eigenvalue weighted by Crippen LogP contribution is -2.42. The van der Waals surface area contributed by atoms with E-state index in [2.05, 4.69) is 12.2 Å². The van der Waals surface area contributed by atoms with Crippen molar-refractivity contribution in [3.8, 4) is 0 Å². The molecule has 0 radical (unpaired) electrons. The quantitative estimate of drug-likeness (QED) is 0.772. The Balaban J connectivity index is 2.28. The second-order valence-corrected chi connectivity index (χ2v) is 5.84. The zero-order valence-electron chi connectivity index (χ0n) is 10.7. The molecule has 0 heterocycles. The summed E-state index contributed by atoms with van der Waals surface area (Å²) in [6.45, 7) is 5.49. The van der Waals surface area contributed by atoms with E-state index in [4.69, 9.17) is 0 Å². The van der Waals surface area contributed by atoms with Crippen LogP contribution in [-0.2, 0) is 4.79 Å². The van der Waals surface area contributed by atoms with Gasteiger partial charge in [0.25, 0.3) is 0 Å². The minimum Gasteiger partial charge on any atom is -0.345 e. The first kappa shape index (κ1) is 13.8. The number of nitrogens with zero attached hydrogens (tertiary/aromatic N) is 1. The van der Waals surface area contributed by atoms with Gasteiger partial charge in [-0.3, -0.25) is 4.79 Å². The van der Waals surface area contributed by atoms with Gasteiger partial charge in [0.1, 0.15) is 0 Å². The SMILES string of the molecule is CCSC1CCCC1NCC(=O)N(C)CC. The zero-order chi connectivity index (χ0) is 12.0. The number of likely N-dealkylation sites (N-methyl/N-ethyl adjacent to an activating group) is 1. The molecule has 2 atom stereocenters. The molecule has 0 aromatic heterocycles. The van der Waals surface area contributed by atoms with Crippen LogP contribution in [0.2, 0.25) is 0 Å². The van der Waals surface area contributed by atoms with Gasteiger partial charge in [-0.15, -0.1) is 0 Å². The molecule has 0 saturated heterocycles. The molecule has 1 fully saturated rings. The van der Waals surface area contributed by atoms with E-state index >= 15 is 0 Å². The second kappa shape index (κ2) is 7.17. The van der Waals surface area contributed by atoms with Crippen molar-refractivity contribution in [1.29, 1.82) is 0 Å². The monoisotopic (exact) mass is 244 g/mol. The Morgan fingerprint density at radius 3 is 2.81 bits per heavy atom. The molecule has 94 valence electrons. The van der Waals surface area contributed by atoms with Crippen molar-refractivity contribution in [2.45, 2.75) is 44.4 Å². The van der Waals surface area contributed by atoms with Crippen molar-refractivity contribution >= 4 is 17.7 Å². The van der Waals surface area contributed by atoms with Crippen LogP contribution in [0.3, 0.4) is 0 Å². The van der Waals surface area contributed by atoms with Gasteiger partial charge in [-0.05, 0) is 25.5 Å². The number of carbonyl (C=O) groups is 1. The fraction of sp³-hybridized carbons (Fsp3) is 0.917. The summed E-state index contributed by atoms with van der Waals surface area (Å²) in [5, 5.41) is 4.13. The number of amides is 1. The lowest BCUT2D eigenvalue weighted by molar-refractivity contribution is -0.128. The molecule has 1 rings (SSSR count). The van der Waals surface area contributed by atoms with Crippen LogP contribution in [0.4, 0.5) is 0 Å². The van der Waals surface area contributed by atoms with Gasteiger partial charge in [0.2, 0.25) is 5.91 Å². The van der Waals surface area contributed by atoms with Crippen LogP contribution >= 0.6 is 11.8 Å². The van der Waals surface area contributed by atoms with Gasteiger partial charge in [0, 0.05) is 24.9 Å². The molecule has 1 saturated carbocycles. The average molecular weight is 244 g/mol. The number of hydrogen-bond acceptors (Lipinski definition) is 3. The summed E-state index contributed by atoms with van der Waals surface area (Å²) < 4.78 is 0. The van der Waals surface area contributed by atoms with Gasteiger partial charge in [0.15, 0.2) is 0 Å². The summed E-state index contributed by atoms with van der Waals surface area (Å²) in [5.41, 5.74) is 0. The average Bonchev–Trinajstić information content (AvgIpc) is 2.73. The first-order valence-electron chi connectivity index (χ1n) is 6.28. The largest absolute Gasteiger partial charge is 0.345 e. The Kier molecular flexibility index (Phi) is 6.21. The van der Waals surface area contributed by atoms with Crippen LogP contribution in [0.25, 0.3) is 0 Å². The highest BCUT2D eigenvalue weighted by molar-refractivity contribution is 7.99. The summed E-state index contributed by atoms with van der Waals surface area (Å²) in [7, 11) is 1.86. The number of nitrogens with one attached hydrogen (secondary N) is 1. The van der Waals surface area contributed by atoms with E-state index in [1.54, 1.807) is 4.90 Å². The fourth-order valence-electron chi connectivity index (χ4n) is 2.10. The molecule has 1 aliphatic carbocycles. The van der Waals surface area contributed by atoms with Crippen LogP contribution in [0.5, 0.6) is 0 Å². The van der Waals surface area contributed by atoms with E-state index in [0.717, 1.165) is 6.54 Å². The summed E-state index contributed by atoms with van der Waals surface area (Å²) in [6.07, 6.45) is 3.82. The molecule has 0 aromatic rings. The first-order chi connectivity index (χ1) is 7.69. The summed E-state index contributed by atoms with van der Waals surface area (Å²) >= 11 is 2.03. The highest BCUT2D eigenvalue weighted by atomic mass is 32.2. The minimum atomic E-state index is 0.203. The van der Waals surface area contributed by atoms with Crippen LogP contribution in [-0.4, -0.2) is 48.0 Å². The van der Waals surface area contributed by atoms with Crippen molar-refractivity contribution in [3.05, 3.63) is 0 Å². The lowest BCUT2D eigenvalue weighted by Gasteiger charge is -2.21. The molecule has 1 amide bonds. The Labute approximate surface area is 103 Å². The maximum atomic E-state index is 11.7. The third-order valence-corrected chi connectivity index (χ3v) is 4.57. The van der Waals surface area contributed by atoms with E-state index in [0.29, 0.717) is 17.8 Å². The summed E-state index contributed by atoms with van der Waals surface area (Å²) in [5.74, 6) is 1.38. The van der Waals surface area contributed by atoms with Gasteiger partial charge in [0.05, 0.1) is 6.54 Å². The van der Waals surface area contributed by atoms with Crippen molar-refractivity contribution in [2.75, 3.05) is 25.9 Å². The normalized spacial score (nSPS) is 24.7. The van der Waals surface area contributed by atoms with Gasteiger partial charge in [-0.2, -0.15) is 11.8 Å². The Morgan fingerprint density at radius 1 is 1.44 bits per heavy atom. The topological polar surface area (TPSA) is 32.3 Å². The number of rotatable bonds is 6. The predicted octanol–water partition coefficient (Wildman–Crippen LogP) is 1.73. The number of hydrogen-bond donors (Lipinski definition) is 1. The Morgan fingerprint density at radius 2 is 2.19 bits per heavy atom. The van der Waals surface area contributed by atoms with E-state index in [-0.39, 0.29) is 5.91 Å². The second-order valence-electron chi connectivity index (χ2n) is 4.32. The van der Waals surface area contributed by atoms with Crippen LogP contribution in [0.15, 0.2) is 0 Å². The van der Waals surface area contributed by atoms with E-state index < -0.39 is 0 Å². The standard InChI is InChI=1S/C12H24N2OS/c1-4-14(3)12(15)9-13-10-7-6-8-11(10)16-5-2/h10-11,13H,4-9H2,1-3H3. The van der Waals surface area contributed by atoms with E-state index in [1.807, 2.05) is 25.7 Å². The van der Waals surface area contributed by atoms with Crippen molar-refractivity contribution in [1.82, 2.24) is 10.2 Å². The molecule has 0 bridgehead atoms. The van der Waals surface area contributed by atoms with Crippen LogP contribution in [0, 0.1) is 0 Å². The number of thioether (sulfide) groups is 1. The minimum absolute atomic E-state index is 0.203. The maximum Gasteiger partial charge on any atom is 0.236 e. The Hall–Kier alpha value is -0.220. The number of carbonyl (C=O) groups excluding carboxylic acids is 1. The van der Waals surface area contributed by atoms with Gasteiger partial charge in [-0.25, -0.2) is 0 Å². The van der Waals surface area contributed by atoms with E-state index in [1.165, 1.54) is 25.0 Å². The predicted molar refractivity (Wildman–Crippen MR) is 70.9 cm³/mol. The molecule has 0 spiro atoms. The molecule has 16 heavy (non-hydrogen) atoms. The molecule has 3 nitrogen and oxygen atoms in total. The van der Waals surface area contributed by atoms with Gasteiger partial charge < -0.3 is 10.2 Å². The van der Waals surface area contributed by atoms with Crippen molar-refractivity contribution in [3.63, 3.8) is 0 Å². The van der Waals surface area contributed by atoms with Crippen LogP contribution in [0.1, 0.15) is 33.1 Å². The fourth-order valence-corrected chi connectivity index (χ4v) is 3.33. The van der Waals surface area contributed by atoms with Crippen LogP contribution < -0.4 is 5.32 Å². The zero-order valence-corrected chi connectivity index (χ0v) is 11.5. The van der Waals surface area contributed by atoms with Crippen molar-refractivity contribution < 1.29 is 4.79 Å². The lowest BCUT2D eigenvalue weighted by atomic mass is 10.2. The van der Waals surface area contributed by atoms with Gasteiger partial charge in [-0.1, -0.05) is 13.3 Å². The summed E-state index contributed by atoms with van der Waals surface area (Å²) in [4.78, 5) is 13.4. The summed E-state index contributed by atoms with van der Waals surface area (Å²) in [6, 6.07) is 0.541. The molecule has 1 N–H and O–H groups in total. The molecular weight excluding hydrogens is 220 g/mol.